The molecule has 6 nitrogen and oxygen atoms in total. The summed E-state index contributed by atoms with van der Waals surface area (Å²) in [7, 11) is 0. The van der Waals surface area contributed by atoms with Gasteiger partial charge in [0.15, 0.2) is 11.0 Å². The van der Waals surface area contributed by atoms with E-state index in [0.717, 1.165) is 0 Å². The second kappa shape index (κ2) is 4.52. The van der Waals surface area contributed by atoms with Crippen molar-refractivity contribution in [2.24, 2.45) is 10.9 Å². The Morgan fingerprint density at radius 3 is 2.79 bits per heavy atom. The summed E-state index contributed by atoms with van der Waals surface area (Å²) in [5, 5.41) is 3.41. The van der Waals surface area contributed by atoms with E-state index in [0.29, 0.717) is 0 Å². The number of amidine groups is 1. The molecule has 2 N–H and O–H groups in total. The average Bonchev–Trinajstić information content (AvgIpc) is 2.15. The molecule has 0 aliphatic heterocycles. The van der Waals surface area contributed by atoms with Gasteiger partial charge in [0.05, 0.1) is 0 Å². The molecular formula is C7H7ClN4O2. The van der Waals surface area contributed by atoms with Crippen LogP contribution >= 0.6 is 11.6 Å². The molecule has 0 aliphatic rings. The lowest BCUT2D eigenvalue weighted by atomic mass is 10.4. The summed E-state index contributed by atoms with van der Waals surface area (Å²) >= 11 is 5.66. The summed E-state index contributed by atoms with van der Waals surface area (Å²) in [6.45, 7) is 1.20. The number of oxime groups is 1. The van der Waals surface area contributed by atoms with Gasteiger partial charge in [-0.3, -0.25) is 0 Å². The van der Waals surface area contributed by atoms with Crippen LogP contribution in [0.3, 0.4) is 0 Å². The smallest absolute Gasteiger partial charge is 0.332 e. The van der Waals surface area contributed by atoms with Crippen molar-refractivity contribution in [3.05, 3.63) is 23.2 Å². The van der Waals surface area contributed by atoms with E-state index in [1.54, 1.807) is 0 Å². The zero-order chi connectivity index (χ0) is 10.6. The van der Waals surface area contributed by atoms with Gasteiger partial charge in [0, 0.05) is 19.3 Å². The SMILES string of the molecule is CC(=O)O/N=C(\N)c1nccnc1Cl. The van der Waals surface area contributed by atoms with Crippen LogP contribution in [0.1, 0.15) is 12.6 Å². The molecule has 0 amide bonds. The van der Waals surface area contributed by atoms with E-state index in [1.165, 1.54) is 19.3 Å². The van der Waals surface area contributed by atoms with Crippen LogP contribution < -0.4 is 5.73 Å². The summed E-state index contributed by atoms with van der Waals surface area (Å²) in [5.41, 5.74) is 5.61. The molecule has 74 valence electrons. The van der Waals surface area contributed by atoms with E-state index in [9.17, 15) is 4.79 Å². The second-order valence-electron chi connectivity index (χ2n) is 2.26. The number of nitrogens with two attached hydrogens (primary N) is 1. The zero-order valence-electron chi connectivity index (χ0n) is 7.27. The zero-order valence-corrected chi connectivity index (χ0v) is 8.02. The molecule has 1 aromatic heterocycles. The number of carbonyl (C=O) groups is 1. The molecule has 0 atom stereocenters. The molecule has 0 aliphatic carbocycles. The fraction of sp³-hybridized carbons (Fsp3) is 0.143. The molecule has 0 aromatic carbocycles. The molecule has 0 bridgehead atoms. The molecule has 1 heterocycles. The van der Waals surface area contributed by atoms with Crippen molar-refractivity contribution in [1.82, 2.24) is 9.97 Å². The summed E-state index contributed by atoms with van der Waals surface area (Å²) < 4.78 is 0. The first-order valence-electron chi connectivity index (χ1n) is 3.59. The normalized spacial score (nSPS) is 11.1. The molecule has 0 saturated carbocycles. The number of halogens is 1. The number of hydrogen-bond acceptors (Lipinski definition) is 5. The van der Waals surface area contributed by atoms with Gasteiger partial charge in [-0.1, -0.05) is 16.8 Å². The van der Waals surface area contributed by atoms with Crippen LogP contribution in [0.2, 0.25) is 5.15 Å². The van der Waals surface area contributed by atoms with E-state index in [4.69, 9.17) is 17.3 Å². The molecule has 14 heavy (non-hydrogen) atoms. The molecule has 0 saturated heterocycles. The molecule has 1 aromatic rings. The number of carbonyl (C=O) groups excluding carboxylic acids is 1. The highest BCUT2D eigenvalue weighted by molar-refractivity contribution is 6.32. The van der Waals surface area contributed by atoms with Gasteiger partial charge in [-0.2, -0.15) is 0 Å². The Hall–Kier alpha value is -1.69. The van der Waals surface area contributed by atoms with Crippen LogP contribution in [0.5, 0.6) is 0 Å². The Morgan fingerprint density at radius 2 is 2.21 bits per heavy atom. The summed E-state index contributed by atoms with van der Waals surface area (Å²) in [5.74, 6) is -0.675. The van der Waals surface area contributed by atoms with Crippen molar-refractivity contribution in [3.8, 4) is 0 Å². The maximum atomic E-state index is 10.4. The first-order valence-corrected chi connectivity index (χ1v) is 3.97. The Morgan fingerprint density at radius 1 is 1.57 bits per heavy atom. The minimum Gasteiger partial charge on any atom is -0.379 e. The fourth-order valence-corrected chi connectivity index (χ4v) is 0.852. The van der Waals surface area contributed by atoms with E-state index >= 15 is 0 Å². The number of aromatic nitrogens is 2. The Bertz CT molecular complexity index is 380. The van der Waals surface area contributed by atoms with Gasteiger partial charge >= 0.3 is 5.97 Å². The highest BCUT2D eigenvalue weighted by atomic mass is 35.5. The predicted octanol–water partition coefficient (Wildman–Crippen LogP) is 0.313. The lowest BCUT2D eigenvalue weighted by Crippen LogP contribution is -2.17. The van der Waals surface area contributed by atoms with Gasteiger partial charge < -0.3 is 10.6 Å². The van der Waals surface area contributed by atoms with Gasteiger partial charge in [0.1, 0.15) is 5.69 Å². The predicted molar refractivity (Wildman–Crippen MR) is 49.5 cm³/mol. The van der Waals surface area contributed by atoms with Crippen LogP contribution in [0, 0.1) is 0 Å². The first-order chi connectivity index (χ1) is 6.61. The van der Waals surface area contributed by atoms with Crippen molar-refractivity contribution in [2.45, 2.75) is 6.92 Å². The van der Waals surface area contributed by atoms with E-state index < -0.39 is 5.97 Å². The average molecular weight is 215 g/mol. The van der Waals surface area contributed by atoms with Gasteiger partial charge in [-0.05, 0) is 0 Å². The maximum Gasteiger partial charge on any atom is 0.332 e. The molecule has 0 unspecified atom stereocenters. The van der Waals surface area contributed by atoms with Crippen LogP contribution in [0.25, 0.3) is 0 Å². The lowest BCUT2D eigenvalue weighted by Gasteiger charge is -1.99. The molecule has 0 radical (unpaired) electrons. The van der Waals surface area contributed by atoms with Gasteiger partial charge in [0.25, 0.3) is 0 Å². The Kier molecular flexibility index (Phi) is 3.35. The van der Waals surface area contributed by atoms with E-state index in [-0.39, 0.29) is 16.7 Å². The van der Waals surface area contributed by atoms with Crippen LogP contribution in [-0.2, 0) is 9.63 Å². The van der Waals surface area contributed by atoms with E-state index in [2.05, 4.69) is 20.0 Å². The summed E-state index contributed by atoms with van der Waals surface area (Å²) in [6.07, 6.45) is 2.81. The fourth-order valence-electron chi connectivity index (χ4n) is 0.650. The largest absolute Gasteiger partial charge is 0.379 e. The highest BCUT2D eigenvalue weighted by Gasteiger charge is 2.07. The van der Waals surface area contributed by atoms with Crippen molar-refractivity contribution in [1.29, 1.82) is 0 Å². The number of hydrogen-bond donors (Lipinski definition) is 1. The standard InChI is InChI=1S/C7H7ClN4O2/c1-4(13)14-12-7(9)5-6(8)11-3-2-10-5/h2-3H,1H3,(H2,9,12). The van der Waals surface area contributed by atoms with Crippen LogP contribution in [-0.4, -0.2) is 21.8 Å². The highest BCUT2D eigenvalue weighted by Crippen LogP contribution is 2.07. The quantitative estimate of drug-likeness (QED) is 0.331. The summed E-state index contributed by atoms with van der Waals surface area (Å²) in [6, 6.07) is 0. The first kappa shape index (κ1) is 10.4. The van der Waals surface area contributed by atoms with Crippen molar-refractivity contribution in [3.63, 3.8) is 0 Å². The molecule has 7 heteroatoms. The minimum atomic E-state index is -0.576. The minimum absolute atomic E-state index is 0.0981. The molecule has 1 rings (SSSR count). The summed E-state index contributed by atoms with van der Waals surface area (Å²) in [4.78, 5) is 22.3. The third kappa shape index (κ3) is 2.67. The van der Waals surface area contributed by atoms with Crippen LogP contribution in [0.4, 0.5) is 0 Å². The van der Waals surface area contributed by atoms with Gasteiger partial charge in [-0.15, -0.1) is 0 Å². The van der Waals surface area contributed by atoms with Gasteiger partial charge in [-0.25, -0.2) is 14.8 Å². The monoisotopic (exact) mass is 214 g/mol. The Labute approximate surface area is 84.7 Å². The van der Waals surface area contributed by atoms with Crippen molar-refractivity contribution in [2.75, 3.05) is 0 Å². The van der Waals surface area contributed by atoms with Gasteiger partial charge in [0.2, 0.25) is 0 Å². The third-order valence-corrected chi connectivity index (χ3v) is 1.45. The Balaban J connectivity index is 2.89. The topological polar surface area (TPSA) is 90.5 Å². The second-order valence-corrected chi connectivity index (χ2v) is 2.61. The molecular weight excluding hydrogens is 208 g/mol. The van der Waals surface area contributed by atoms with Crippen molar-refractivity contribution < 1.29 is 9.63 Å². The molecule has 0 fully saturated rings. The lowest BCUT2D eigenvalue weighted by molar-refractivity contribution is -0.140. The number of nitrogens with zero attached hydrogens (tertiary/aromatic N) is 3. The molecule has 0 spiro atoms. The van der Waals surface area contributed by atoms with Crippen LogP contribution in [0.15, 0.2) is 17.5 Å². The van der Waals surface area contributed by atoms with E-state index in [1.807, 2.05) is 0 Å². The number of rotatable bonds is 2. The van der Waals surface area contributed by atoms with Crippen molar-refractivity contribution >= 4 is 23.4 Å². The maximum absolute atomic E-state index is 10.4. The third-order valence-electron chi connectivity index (χ3n) is 1.17.